The Morgan fingerprint density at radius 3 is 2.88 bits per heavy atom. The summed E-state index contributed by atoms with van der Waals surface area (Å²) < 4.78 is 0. The number of nitrogens with zero attached hydrogens (tertiary/aromatic N) is 4. The first-order chi connectivity index (χ1) is 15.5. The van der Waals surface area contributed by atoms with Gasteiger partial charge in [0, 0.05) is 28.2 Å². The van der Waals surface area contributed by atoms with Gasteiger partial charge in [-0.1, -0.05) is 29.8 Å². The van der Waals surface area contributed by atoms with Crippen molar-refractivity contribution >= 4 is 40.3 Å². The average Bonchev–Trinajstić information content (AvgIpc) is 3.45. The highest BCUT2D eigenvalue weighted by Crippen LogP contribution is 2.35. The number of aryl methyl sites for hydroxylation is 1. The van der Waals surface area contributed by atoms with Crippen molar-refractivity contribution in [3.05, 3.63) is 70.9 Å². The highest BCUT2D eigenvalue weighted by Gasteiger charge is 2.34. The summed E-state index contributed by atoms with van der Waals surface area (Å²) in [6.45, 7) is 2.48. The lowest BCUT2D eigenvalue weighted by atomic mass is 10.1. The Morgan fingerprint density at radius 1 is 1.22 bits per heavy atom. The van der Waals surface area contributed by atoms with Gasteiger partial charge in [0.2, 0.25) is 0 Å². The van der Waals surface area contributed by atoms with Gasteiger partial charge in [0.25, 0.3) is 5.91 Å². The lowest BCUT2D eigenvalue weighted by Gasteiger charge is -2.24. The third-order valence-electron chi connectivity index (χ3n) is 5.78. The molecule has 5 rings (SSSR count). The number of amides is 1. The molecule has 1 aliphatic rings. The molecule has 1 amide bonds. The zero-order chi connectivity index (χ0) is 22.2. The van der Waals surface area contributed by atoms with Crippen LogP contribution in [0.1, 0.15) is 40.9 Å². The summed E-state index contributed by atoms with van der Waals surface area (Å²) in [6, 6.07) is 13.4. The van der Waals surface area contributed by atoms with E-state index in [-0.39, 0.29) is 11.9 Å². The van der Waals surface area contributed by atoms with Crippen LogP contribution >= 0.6 is 23.4 Å². The van der Waals surface area contributed by atoms with Crippen molar-refractivity contribution < 1.29 is 4.79 Å². The van der Waals surface area contributed by atoms with Gasteiger partial charge < -0.3 is 9.88 Å². The predicted octanol–water partition coefficient (Wildman–Crippen LogP) is 5.68. The number of carbonyl (C=O) groups is 1. The third-order valence-corrected chi connectivity index (χ3v) is 6.79. The first-order valence-electron chi connectivity index (χ1n) is 10.5. The number of rotatable bonds is 4. The van der Waals surface area contributed by atoms with E-state index in [4.69, 9.17) is 16.6 Å². The quantitative estimate of drug-likeness (QED) is 0.394. The van der Waals surface area contributed by atoms with Crippen LogP contribution in [-0.4, -0.2) is 43.5 Å². The minimum absolute atomic E-state index is 0.0898. The molecule has 0 aliphatic carbocycles. The van der Waals surface area contributed by atoms with Crippen LogP contribution in [0.25, 0.3) is 22.3 Å². The van der Waals surface area contributed by atoms with Gasteiger partial charge in [-0.25, -0.2) is 15.0 Å². The molecule has 1 saturated heterocycles. The van der Waals surface area contributed by atoms with Crippen molar-refractivity contribution in [3.63, 3.8) is 0 Å². The summed E-state index contributed by atoms with van der Waals surface area (Å²) in [5.74, 6) is 1.34. The van der Waals surface area contributed by atoms with Gasteiger partial charge in [-0.15, -0.1) is 11.8 Å². The summed E-state index contributed by atoms with van der Waals surface area (Å²) in [5, 5.41) is 0.600. The fraction of sp³-hybridized carbons (Fsp3) is 0.250. The van der Waals surface area contributed by atoms with Gasteiger partial charge in [-0.3, -0.25) is 4.79 Å². The summed E-state index contributed by atoms with van der Waals surface area (Å²) >= 11 is 7.88. The smallest absolute Gasteiger partial charge is 0.258 e. The Labute approximate surface area is 195 Å². The zero-order valence-electron chi connectivity index (χ0n) is 17.8. The number of imidazole rings is 1. The van der Waals surface area contributed by atoms with Crippen LogP contribution < -0.4 is 0 Å². The lowest BCUT2D eigenvalue weighted by molar-refractivity contribution is 0.0730. The van der Waals surface area contributed by atoms with Crippen molar-refractivity contribution in [2.45, 2.75) is 30.7 Å². The molecule has 1 aliphatic heterocycles. The fourth-order valence-electron chi connectivity index (χ4n) is 4.28. The van der Waals surface area contributed by atoms with Gasteiger partial charge in [-0.2, -0.15) is 0 Å². The molecular formula is C24H22ClN5OS. The number of aromatic nitrogens is 4. The second kappa shape index (κ2) is 8.56. The van der Waals surface area contributed by atoms with Crippen molar-refractivity contribution in [1.29, 1.82) is 0 Å². The molecule has 3 heterocycles. The van der Waals surface area contributed by atoms with Crippen molar-refractivity contribution in [3.8, 4) is 11.3 Å². The van der Waals surface area contributed by atoms with E-state index in [2.05, 4.69) is 21.0 Å². The molecule has 1 N–H and O–H groups in total. The predicted molar refractivity (Wildman–Crippen MR) is 128 cm³/mol. The van der Waals surface area contributed by atoms with E-state index >= 15 is 0 Å². The van der Waals surface area contributed by atoms with Gasteiger partial charge in [0.15, 0.2) is 0 Å². The lowest BCUT2D eigenvalue weighted by Crippen LogP contribution is -2.31. The number of hydrogen-bond donors (Lipinski definition) is 1. The number of likely N-dealkylation sites (tertiary alicyclic amines) is 1. The van der Waals surface area contributed by atoms with Gasteiger partial charge in [0.1, 0.15) is 17.2 Å². The van der Waals surface area contributed by atoms with Crippen LogP contribution in [0.3, 0.4) is 0 Å². The maximum atomic E-state index is 13.7. The number of para-hydroxylation sites is 1. The van der Waals surface area contributed by atoms with E-state index < -0.39 is 0 Å². The number of thioether (sulfide) groups is 1. The van der Waals surface area contributed by atoms with Gasteiger partial charge >= 0.3 is 0 Å². The maximum Gasteiger partial charge on any atom is 0.258 e. The zero-order valence-corrected chi connectivity index (χ0v) is 19.4. The average molecular weight is 464 g/mol. The highest BCUT2D eigenvalue weighted by atomic mass is 35.5. The Morgan fingerprint density at radius 2 is 2.06 bits per heavy atom. The molecule has 0 spiro atoms. The van der Waals surface area contributed by atoms with Crippen molar-refractivity contribution in [2.24, 2.45) is 0 Å². The molecule has 32 heavy (non-hydrogen) atoms. The summed E-state index contributed by atoms with van der Waals surface area (Å²) in [7, 11) is 0. The normalized spacial score (nSPS) is 16.1. The molecule has 0 saturated carbocycles. The van der Waals surface area contributed by atoms with Crippen LogP contribution in [0, 0.1) is 6.92 Å². The molecule has 8 heteroatoms. The maximum absolute atomic E-state index is 13.7. The van der Waals surface area contributed by atoms with Crippen molar-refractivity contribution in [2.75, 3.05) is 12.8 Å². The number of benzene rings is 2. The second-order valence-corrected chi connectivity index (χ2v) is 9.11. The number of fused-ring (bicyclic) bond motifs is 1. The number of hydrogen-bond acceptors (Lipinski definition) is 5. The van der Waals surface area contributed by atoms with E-state index in [0.29, 0.717) is 28.6 Å². The van der Waals surface area contributed by atoms with E-state index in [9.17, 15) is 4.79 Å². The number of carbonyl (C=O) groups excluding carboxylic acids is 1. The molecule has 1 fully saturated rings. The van der Waals surface area contributed by atoms with Crippen molar-refractivity contribution in [1.82, 2.24) is 24.8 Å². The molecule has 2 aromatic carbocycles. The Kier molecular flexibility index (Phi) is 5.61. The molecule has 1 atom stereocenters. The Balaban J connectivity index is 1.54. The largest absolute Gasteiger partial charge is 0.340 e. The van der Waals surface area contributed by atoms with Crippen LogP contribution in [-0.2, 0) is 0 Å². The number of halogens is 1. The third kappa shape index (κ3) is 3.76. The number of nitrogens with one attached hydrogen (secondary N) is 1. The fourth-order valence-corrected chi connectivity index (χ4v) is 5.03. The standard InChI is InChI=1S/C24H22ClN5OS/c1-14-26-13-17(21(27-14)15-6-3-7-16(25)12-15)24(31)30-11-5-9-19(30)23-28-18-8-4-10-20(32-2)22(18)29-23/h3-4,6-8,10,12-13,19H,5,9,11H2,1-2H3,(H,28,29). The monoisotopic (exact) mass is 463 g/mol. The minimum Gasteiger partial charge on any atom is -0.340 e. The van der Waals surface area contributed by atoms with Crippen LogP contribution in [0.5, 0.6) is 0 Å². The SMILES string of the molecule is CSc1cccc2[nH]c(C3CCCN3C(=O)c3cnc(C)nc3-c3cccc(Cl)c3)nc12. The van der Waals surface area contributed by atoms with E-state index in [1.165, 1.54) is 0 Å². The van der Waals surface area contributed by atoms with Gasteiger partial charge in [0.05, 0.1) is 22.8 Å². The number of H-pyrrole nitrogens is 1. The minimum atomic E-state index is -0.113. The molecule has 2 aromatic heterocycles. The van der Waals surface area contributed by atoms with Gasteiger partial charge in [-0.05, 0) is 50.3 Å². The van der Waals surface area contributed by atoms with E-state index in [1.807, 2.05) is 54.5 Å². The highest BCUT2D eigenvalue weighted by molar-refractivity contribution is 7.98. The van der Waals surface area contributed by atoms with Crippen LogP contribution in [0.2, 0.25) is 5.02 Å². The molecule has 4 aromatic rings. The summed E-state index contributed by atoms with van der Waals surface area (Å²) in [5.41, 5.74) is 3.82. The Hall–Kier alpha value is -2.90. The topological polar surface area (TPSA) is 74.8 Å². The first-order valence-corrected chi connectivity index (χ1v) is 12.1. The second-order valence-electron chi connectivity index (χ2n) is 7.82. The molecule has 6 nitrogen and oxygen atoms in total. The molecular weight excluding hydrogens is 442 g/mol. The Bertz CT molecular complexity index is 1320. The van der Waals surface area contributed by atoms with Crippen LogP contribution in [0.4, 0.5) is 0 Å². The van der Waals surface area contributed by atoms with E-state index in [0.717, 1.165) is 40.2 Å². The first kappa shape index (κ1) is 21.0. The molecule has 1 unspecified atom stereocenters. The van der Waals surface area contributed by atoms with E-state index in [1.54, 1.807) is 18.0 Å². The number of aromatic amines is 1. The summed E-state index contributed by atoms with van der Waals surface area (Å²) in [6.07, 6.45) is 5.45. The van der Waals surface area contributed by atoms with Crippen LogP contribution in [0.15, 0.2) is 53.6 Å². The molecule has 0 bridgehead atoms. The molecule has 0 radical (unpaired) electrons. The summed E-state index contributed by atoms with van der Waals surface area (Å²) in [4.78, 5) is 34.0. The molecule has 162 valence electrons.